The second kappa shape index (κ2) is 7.45. The Balaban J connectivity index is 2.52. The van der Waals surface area contributed by atoms with Gasteiger partial charge in [-0.2, -0.15) is 5.10 Å². The van der Waals surface area contributed by atoms with Crippen LogP contribution in [-0.2, 0) is 16.6 Å². The van der Waals surface area contributed by atoms with E-state index >= 15 is 0 Å². The van der Waals surface area contributed by atoms with Crippen molar-refractivity contribution in [1.82, 2.24) is 9.78 Å². The maximum Gasteiger partial charge on any atom is 0.343 e. The van der Waals surface area contributed by atoms with Crippen molar-refractivity contribution in [2.24, 2.45) is 7.05 Å². The van der Waals surface area contributed by atoms with Crippen LogP contribution < -0.4 is 4.74 Å². The van der Waals surface area contributed by atoms with E-state index in [0.717, 1.165) is 5.56 Å². The molecule has 6 nitrogen and oxygen atoms in total. The Kier molecular flexibility index (Phi) is 5.75. The lowest BCUT2D eigenvalue weighted by Gasteiger charge is -2.12. The number of aryl methyl sites for hydroxylation is 3. The molecule has 2 rings (SSSR count). The molecule has 0 unspecified atom stereocenters. The Bertz CT molecular complexity index is 859. The highest BCUT2D eigenvalue weighted by Crippen LogP contribution is 2.34. The molecule has 0 fully saturated rings. The molecule has 8 heteroatoms. The first kappa shape index (κ1) is 19.3. The predicted octanol–water partition coefficient (Wildman–Crippen LogP) is 3.43. The summed E-state index contributed by atoms with van der Waals surface area (Å²) in [5.74, 6) is -0.735. The second-order valence-electron chi connectivity index (χ2n) is 5.58. The number of esters is 1. The number of methoxy groups -OCH3 is 1. The van der Waals surface area contributed by atoms with Gasteiger partial charge in [0.1, 0.15) is 5.56 Å². The third kappa shape index (κ3) is 3.65. The summed E-state index contributed by atoms with van der Waals surface area (Å²) in [7, 11) is 2.88. The van der Waals surface area contributed by atoms with Crippen LogP contribution in [0.3, 0.4) is 0 Å². The van der Waals surface area contributed by atoms with Crippen molar-refractivity contribution >= 4 is 35.0 Å². The van der Waals surface area contributed by atoms with Gasteiger partial charge >= 0.3 is 5.97 Å². The number of carbonyl (C=O) groups excluding carboxylic acids is 2. The molecule has 0 aliphatic heterocycles. The number of hydrogen-bond acceptors (Lipinski definition) is 5. The maximum atomic E-state index is 13.1. The third-order valence-electron chi connectivity index (χ3n) is 3.80. The lowest BCUT2D eigenvalue weighted by atomic mass is 9.99. The van der Waals surface area contributed by atoms with Gasteiger partial charge in [0, 0.05) is 17.6 Å². The number of aromatic nitrogens is 2. The lowest BCUT2D eigenvalue weighted by molar-refractivity contribution is -0.143. The Hall–Kier alpha value is -2.05. The lowest BCUT2D eigenvalue weighted by Crippen LogP contribution is -2.16. The zero-order valence-corrected chi connectivity index (χ0v) is 16.1. The Morgan fingerprint density at radius 1 is 1.20 bits per heavy atom. The summed E-state index contributed by atoms with van der Waals surface area (Å²) in [6.45, 7) is 4.90. The van der Waals surface area contributed by atoms with Crippen LogP contribution in [0.15, 0.2) is 6.07 Å². The fourth-order valence-corrected chi connectivity index (χ4v) is 2.92. The van der Waals surface area contributed by atoms with Gasteiger partial charge in [0.2, 0.25) is 11.7 Å². The molecule has 0 radical (unpaired) electrons. The molecule has 25 heavy (non-hydrogen) atoms. The van der Waals surface area contributed by atoms with Crippen LogP contribution in [0.25, 0.3) is 0 Å². The fraction of sp³-hybridized carbons (Fsp3) is 0.353. The van der Waals surface area contributed by atoms with E-state index in [0.29, 0.717) is 21.8 Å². The van der Waals surface area contributed by atoms with E-state index in [1.165, 1.54) is 11.8 Å². The summed E-state index contributed by atoms with van der Waals surface area (Å²) < 4.78 is 11.4. The first-order valence-electron chi connectivity index (χ1n) is 7.42. The molecule has 1 aromatic heterocycles. The minimum Gasteiger partial charge on any atom is -0.466 e. The highest BCUT2D eigenvalue weighted by Gasteiger charge is 2.26. The Morgan fingerprint density at radius 2 is 1.84 bits per heavy atom. The van der Waals surface area contributed by atoms with Crippen molar-refractivity contribution in [3.8, 4) is 5.88 Å². The number of ether oxygens (including phenoxy) is 2. The molecule has 1 heterocycles. The number of rotatable bonds is 5. The van der Waals surface area contributed by atoms with Gasteiger partial charge in [0.25, 0.3) is 0 Å². The zero-order valence-electron chi connectivity index (χ0n) is 14.6. The van der Waals surface area contributed by atoms with E-state index in [1.807, 2.05) is 0 Å². The van der Waals surface area contributed by atoms with Gasteiger partial charge in [-0.3, -0.25) is 4.79 Å². The molecule has 0 bridgehead atoms. The van der Waals surface area contributed by atoms with E-state index in [-0.39, 0.29) is 28.9 Å². The van der Waals surface area contributed by atoms with Crippen molar-refractivity contribution in [3.05, 3.63) is 44.1 Å². The number of carbonyl (C=O) groups is 2. The molecule has 0 spiro atoms. The van der Waals surface area contributed by atoms with Crippen molar-refractivity contribution in [1.29, 1.82) is 0 Å². The van der Waals surface area contributed by atoms with Gasteiger partial charge in [-0.1, -0.05) is 23.2 Å². The Morgan fingerprint density at radius 3 is 2.44 bits per heavy atom. The standard InChI is InChI=1S/C17H18Cl2N2O4/c1-8-6-11(15(19)9(2)14(8)18)16(23)13-10(3)20-21(4)17(13)25-7-12(22)24-5/h6H,7H2,1-5H3. The molecule has 0 atom stereocenters. The second-order valence-corrected chi connectivity index (χ2v) is 6.33. The molecular weight excluding hydrogens is 367 g/mol. The maximum absolute atomic E-state index is 13.1. The van der Waals surface area contributed by atoms with Gasteiger partial charge in [0.05, 0.1) is 17.8 Å². The molecule has 0 amide bonds. The molecule has 0 saturated heterocycles. The van der Waals surface area contributed by atoms with Gasteiger partial charge in [-0.15, -0.1) is 0 Å². The van der Waals surface area contributed by atoms with E-state index in [9.17, 15) is 9.59 Å². The molecule has 0 saturated carbocycles. The Labute approximate surface area is 155 Å². The van der Waals surface area contributed by atoms with Crippen molar-refractivity contribution in [3.63, 3.8) is 0 Å². The summed E-state index contributed by atoms with van der Waals surface area (Å²) in [6, 6.07) is 1.64. The average molecular weight is 385 g/mol. The minimum atomic E-state index is -0.562. The van der Waals surface area contributed by atoms with Crippen LogP contribution in [0.1, 0.15) is 32.7 Å². The first-order valence-corrected chi connectivity index (χ1v) is 8.17. The van der Waals surface area contributed by atoms with Gasteiger partial charge < -0.3 is 9.47 Å². The van der Waals surface area contributed by atoms with Crippen molar-refractivity contribution < 1.29 is 19.1 Å². The van der Waals surface area contributed by atoms with E-state index in [1.54, 1.807) is 33.9 Å². The number of benzene rings is 1. The third-order valence-corrected chi connectivity index (χ3v) is 4.87. The smallest absolute Gasteiger partial charge is 0.343 e. The van der Waals surface area contributed by atoms with Crippen LogP contribution in [0, 0.1) is 20.8 Å². The summed E-state index contributed by atoms with van der Waals surface area (Å²) in [5, 5.41) is 5.00. The van der Waals surface area contributed by atoms with Crippen LogP contribution in [-0.4, -0.2) is 35.2 Å². The molecule has 0 aliphatic carbocycles. The van der Waals surface area contributed by atoms with Crippen molar-refractivity contribution in [2.75, 3.05) is 13.7 Å². The normalized spacial score (nSPS) is 10.7. The van der Waals surface area contributed by atoms with E-state index in [4.69, 9.17) is 27.9 Å². The molecule has 2 aromatic rings. The molecule has 0 aliphatic rings. The number of hydrogen-bond donors (Lipinski definition) is 0. The van der Waals surface area contributed by atoms with Crippen LogP contribution in [0.5, 0.6) is 5.88 Å². The van der Waals surface area contributed by atoms with E-state index < -0.39 is 5.97 Å². The van der Waals surface area contributed by atoms with Crippen LogP contribution >= 0.6 is 23.2 Å². The molecule has 1 aromatic carbocycles. The highest BCUT2D eigenvalue weighted by molar-refractivity contribution is 6.39. The van der Waals surface area contributed by atoms with Crippen molar-refractivity contribution in [2.45, 2.75) is 20.8 Å². The highest BCUT2D eigenvalue weighted by atomic mass is 35.5. The van der Waals surface area contributed by atoms with Gasteiger partial charge in [-0.25, -0.2) is 9.48 Å². The molecular formula is C17H18Cl2N2O4. The summed E-state index contributed by atoms with van der Waals surface area (Å²) >= 11 is 12.5. The van der Waals surface area contributed by atoms with Crippen LogP contribution in [0.2, 0.25) is 10.0 Å². The largest absolute Gasteiger partial charge is 0.466 e. The minimum absolute atomic E-state index is 0.175. The van der Waals surface area contributed by atoms with E-state index in [2.05, 4.69) is 9.84 Å². The molecule has 0 N–H and O–H groups in total. The topological polar surface area (TPSA) is 70.4 Å². The zero-order chi connectivity index (χ0) is 18.9. The van der Waals surface area contributed by atoms with Crippen LogP contribution in [0.4, 0.5) is 0 Å². The predicted molar refractivity (Wildman–Crippen MR) is 94.8 cm³/mol. The quantitative estimate of drug-likeness (QED) is 0.583. The number of ketones is 1. The number of nitrogens with zero attached hydrogens (tertiary/aromatic N) is 2. The summed E-state index contributed by atoms with van der Waals surface area (Å²) in [4.78, 5) is 24.4. The monoisotopic (exact) mass is 384 g/mol. The summed E-state index contributed by atoms with van der Waals surface area (Å²) in [6.07, 6.45) is 0. The average Bonchev–Trinajstić information content (AvgIpc) is 2.86. The van der Waals surface area contributed by atoms with Gasteiger partial charge in [-0.05, 0) is 38.0 Å². The first-order chi connectivity index (χ1) is 11.7. The molecule has 134 valence electrons. The number of halogens is 2. The fourth-order valence-electron chi connectivity index (χ4n) is 2.49. The SMILES string of the molecule is COC(=O)COc1c(C(=O)c2cc(C)c(Cl)c(C)c2Cl)c(C)nn1C. The van der Waals surface area contributed by atoms with Gasteiger partial charge in [0.15, 0.2) is 6.61 Å². The summed E-state index contributed by atoms with van der Waals surface area (Å²) in [5.41, 5.74) is 2.39.